The first kappa shape index (κ1) is 37.2. The van der Waals surface area contributed by atoms with E-state index in [2.05, 4.69) is 26.6 Å². The zero-order chi connectivity index (χ0) is 38.0. The molecule has 3 aliphatic rings. The second-order valence-electron chi connectivity index (χ2n) is 13.6. The lowest BCUT2D eigenvalue weighted by Crippen LogP contribution is -2.38. The summed E-state index contributed by atoms with van der Waals surface area (Å²) in [5.74, 6) is 0.925. The number of hydrogen-bond donors (Lipinski definition) is 5. The van der Waals surface area contributed by atoms with E-state index in [0.717, 1.165) is 44.5 Å². The smallest absolute Gasteiger partial charge is 0.258 e. The van der Waals surface area contributed by atoms with Crippen molar-refractivity contribution in [3.05, 3.63) is 117 Å². The monoisotopic (exact) mass is 747 g/mol. The Morgan fingerprint density at radius 3 is 0.782 bits per heavy atom. The van der Waals surface area contributed by atoms with Gasteiger partial charge in [-0.3, -0.25) is 19.2 Å². The predicted octanol–water partition coefficient (Wildman–Crippen LogP) is 1.96. The van der Waals surface area contributed by atoms with E-state index in [9.17, 15) is 19.2 Å². The molecule has 0 atom stereocenters. The molecular weight excluding hydrogens is 702 g/mol. The summed E-state index contributed by atoms with van der Waals surface area (Å²) in [5, 5.41) is 14.7. The van der Waals surface area contributed by atoms with Crippen LogP contribution in [0, 0.1) is 0 Å². The van der Waals surface area contributed by atoms with Crippen LogP contribution in [-0.4, -0.2) is 89.3 Å². The summed E-state index contributed by atoms with van der Waals surface area (Å²) in [4.78, 5) is 52.3. The molecule has 0 aromatic heterocycles. The van der Waals surface area contributed by atoms with Gasteiger partial charge in [-0.05, 0) is 44.5 Å². The SMILES string of the molecule is O=C1COc2c3cccc2Cc2cccc4c2OCC(=O)NCCNC(=O)COc2c(cccc2Cc2cccc(c2OCC(=O)NCCNCCN1)C4)C3. The average Bonchev–Trinajstić information content (AvgIpc) is 3.17. The average molecular weight is 748 g/mol. The summed E-state index contributed by atoms with van der Waals surface area (Å²) in [6, 6.07) is 23.5. The summed E-state index contributed by atoms with van der Waals surface area (Å²) in [6.07, 6.45) is 1.46. The van der Waals surface area contributed by atoms with Crippen LogP contribution in [-0.2, 0) is 44.9 Å². The molecule has 0 fully saturated rings. The Kier molecular flexibility index (Phi) is 12.1. The summed E-state index contributed by atoms with van der Waals surface area (Å²) in [6.45, 7) is 1.21. The minimum atomic E-state index is -0.349. The molecule has 0 radical (unpaired) electrons. The number of para-hydroxylation sites is 4. The summed E-state index contributed by atoms with van der Waals surface area (Å²) >= 11 is 0. The molecule has 286 valence electrons. The summed E-state index contributed by atoms with van der Waals surface area (Å²) in [5.41, 5.74) is 6.53. The molecule has 4 aromatic rings. The Balaban J connectivity index is 1.45. The third-order valence-corrected chi connectivity index (χ3v) is 9.64. The van der Waals surface area contributed by atoms with Gasteiger partial charge in [0.15, 0.2) is 26.4 Å². The quantitative estimate of drug-likeness (QED) is 0.159. The third-order valence-electron chi connectivity index (χ3n) is 9.64. The lowest BCUT2D eigenvalue weighted by atomic mass is 9.91. The molecule has 0 saturated carbocycles. The molecule has 0 unspecified atom stereocenters. The Bertz CT molecular complexity index is 1840. The van der Waals surface area contributed by atoms with Gasteiger partial charge >= 0.3 is 0 Å². The van der Waals surface area contributed by atoms with Crippen molar-refractivity contribution in [3.8, 4) is 23.0 Å². The maximum Gasteiger partial charge on any atom is 0.258 e. The molecule has 5 N–H and O–H groups in total. The first-order valence-electron chi connectivity index (χ1n) is 18.6. The van der Waals surface area contributed by atoms with Gasteiger partial charge in [0.2, 0.25) is 0 Å². The van der Waals surface area contributed by atoms with Crippen molar-refractivity contribution >= 4 is 23.6 Å². The number of nitrogens with one attached hydrogen (secondary N) is 5. The highest BCUT2D eigenvalue weighted by molar-refractivity contribution is 5.79. The third kappa shape index (κ3) is 9.54. The van der Waals surface area contributed by atoms with Crippen molar-refractivity contribution in [2.75, 3.05) is 65.7 Å². The maximum atomic E-state index is 13.1. The number of carbonyl (C=O) groups is 4. The minimum Gasteiger partial charge on any atom is -0.483 e. The molecule has 13 heteroatoms. The van der Waals surface area contributed by atoms with E-state index >= 15 is 0 Å². The lowest BCUT2D eigenvalue weighted by Gasteiger charge is -2.22. The predicted molar refractivity (Wildman–Crippen MR) is 204 cm³/mol. The van der Waals surface area contributed by atoms with Gasteiger partial charge < -0.3 is 45.5 Å². The number of ether oxygens (including phenoxy) is 4. The normalized spacial score (nSPS) is 17.3. The standard InChI is InChI=1S/C42H45N5O8/c48-35-23-52-39-27-5-1-6-28(39)20-32-10-4-12-34-22-30-8-2-7-29(40(30)53-24-36(49)45-16-14-43-13-15-44-35)21-33-11-3-9-31(19-27)41(33)54-25-37(50)46-17-18-47-38(51)26-55-42(32)34/h1-12,43H,13-26H2,(H,44,48)(H,45,49)(H,46,50)(H,47,51). The van der Waals surface area contributed by atoms with E-state index < -0.39 is 0 Å². The van der Waals surface area contributed by atoms with Gasteiger partial charge in [-0.15, -0.1) is 0 Å². The topological polar surface area (TPSA) is 165 Å². The molecule has 0 saturated heterocycles. The summed E-state index contributed by atoms with van der Waals surface area (Å²) in [7, 11) is 0. The first-order chi connectivity index (χ1) is 26.9. The van der Waals surface area contributed by atoms with Crippen molar-refractivity contribution in [2.24, 2.45) is 0 Å². The van der Waals surface area contributed by atoms with Gasteiger partial charge in [-0.25, -0.2) is 0 Å². The van der Waals surface area contributed by atoms with Crippen LogP contribution < -0.4 is 45.5 Å². The minimum absolute atomic E-state index is 0.209. The molecule has 55 heavy (non-hydrogen) atoms. The highest BCUT2D eigenvalue weighted by Gasteiger charge is 2.23. The second kappa shape index (κ2) is 17.8. The van der Waals surface area contributed by atoms with Gasteiger partial charge in [-0.1, -0.05) is 72.8 Å². The number of amides is 4. The fourth-order valence-electron chi connectivity index (χ4n) is 7.09. The molecule has 0 spiro atoms. The molecule has 12 bridgehead atoms. The van der Waals surface area contributed by atoms with Crippen molar-refractivity contribution in [1.29, 1.82) is 0 Å². The second-order valence-corrected chi connectivity index (χ2v) is 13.6. The molecule has 4 amide bonds. The number of rotatable bonds is 0. The highest BCUT2D eigenvalue weighted by Crippen LogP contribution is 2.39. The zero-order valence-electron chi connectivity index (χ0n) is 30.6. The van der Waals surface area contributed by atoms with E-state index in [1.165, 1.54) is 0 Å². The fourth-order valence-corrected chi connectivity index (χ4v) is 7.09. The Hall–Kier alpha value is -6.08. The summed E-state index contributed by atoms with van der Waals surface area (Å²) < 4.78 is 25.6. The molecule has 13 nitrogen and oxygen atoms in total. The van der Waals surface area contributed by atoms with Gasteiger partial charge in [0, 0.05) is 65.0 Å². The fraction of sp³-hybridized carbons (Fsp3) is 0.333. The van der Waals surface area contributed by atoms with Gasteiger partial charge in [0.1, 0.15) is 23.0 Å². The molecular formula is C42H45N5O8. The van der Waals surface area contributed by atoms with Crippen LogP contribution in [0.25, 0.3) is 0 Å². The van der Waals surface area contributed by atoms with Crippen molar-refractivity contribution in [1.82, 2.24) is 26.6 Å². The molecule has 1 aliphatic carbocycles. The zero-order valence-corrected chi connectivity index (χ0v) is 30.6. The van der Waals surface area contributed by atoms with Crippen molar-refractivity contribution in [3.63, 3.8) is 0 Å². The van der Waals surface area contributed by atoms with Crippen LogP contribution in [0.3, 0.4) is 0 Å². The van der Waals surface area contributed by atoms with E-state index in [0.29, 0.717) is 74.9 Å². The largest absolute Gasteiger partial charge is 0.483 e. The number of carbonyl (C=O) groups excluding carboxylic acids is 4. The van der Waals surface area contributed by atoms with Crippen LogP contribution in [0.1, 0.15) is 44.5 Å². The molecule has 4 aromatic carbocycles. The van der Waals surface area contributed by atoms with Crippen LogP contribution in [0.4, 0.5) is 0 Å². The number of benzene rings is 4. The number of hydrogen-bond acceptors (Lipinski definition) is 9. The molecule has 7 rings (SSSR count). The Morgan fingerprint density at radius 2 is 0.545 bits per heavy atom. The van der Waals surface area contributed by atoms with Crippen LogP contribution in [0.15, 0.2) is 72.8 Å². The van der Waals surface area contributed by atoms with Crippen LogP contribution in [0.5, 0.6) is 23.0 Å². The first-order valence-corrected chi connectivity index (χ1v) is 18.6. The van der Waals surface area contributed by atoms with Crippen LogP contribution >= 0.6 is 0 Å². The van der Waals surface area contributed by atoms with Gasteiger partial charge in [0.25, 0.3) is 23.6 Å². The van der Waals surface area contributed by atoms with E-state index in [4.69, 9.17) is 18.9 Å². The van der Waals surface area contributed by atoms with Gasteiger partial charge in [0.05, 0.1) is 0 Å². The Morgan fingerprint density at radius 1 is 0.327 bits per heavy atom. The molecule has 2 aliphatic heterocycles. The maximum absolute atomic E-state index is 13.1. The Labute approximate surface area is 319 Å². The van der Waals surface area contributed by atoms with Gasteiger partial charge in [-0.2, -0.15) is 0 Å². The highest BCUT2D eigenvalue weighted by atomic mass is 16.5. The molecule has 2 heterocycles. The van der Waals surface area contributed by atoms with E-state index in [1.54, 1.807) is 0 Å². The lowest BCUT2D eigenvalue weighted by molar-refractivity contribution is -0.124. The van der Waals surface area contributed by atoms with E-state index in [-0.39, 0.29) is 63.1 Å². The van der Waals surface area contributed by atoms with Crippen molar-refractivity contribution < 1.29 is 38.1 Å². The van der Waals surface area contributed by atoms with Crippen LogP contribution in [0.2, 0.25) is 0 Å². The van der Waals surface area contributed by atoms with Crippen molar-refractivity contribution in [2.45, 2.75) is 25.7 Å². The van der Waals surface area contributed by atoms with E-state index in [1.807, 2.05) is 72.8 Å².